The van der Waals surface area contributed by atoms with Gasteiger partial charge in [0, 0.05) is 17.1 Å². The highest BCUT2D eigenvalue weighted by molar-refractivity contribution is 5.94. The molecule has 3 rings (SSSR count). The van der Waals surface area contributed by atoms with Crippen LogP contribution in [-0.2, 0) is 4.79 Å². The second-order valence-electron chi connectivity index (χ2n) is 9.22. The molecule has 1 atom stereocenters. The van der Waals surface area contributed by atoms with Gasteiger partial charge in [0.2, 0.25) is 5.91 Å². The van der Waals surface area contributed by atoms with Crippen molar-refractivity contribution < 1.29 is 9.59 Å². The molecule has 148 valence electrons. The molecule has 1 saturated carbocycles. The number of nitrogens with zero attached hydrogens (tertiary/aromatic N) is 1. The van der Waals surface area contributed by atoms with Crippen LogP contribution in [-0.4, -0.2) is 47.9 Å². The highest BCUT2D eigenvalue weighted by Gasteiger charge is 2.45. The summed E-state index contributed by atoms with van der Waals surface area (Å²) in [7, 11) is 0. The average Bonchev–Trinajstić information content (AvgIpc) is 2.98. The van der Waals surface area contributed by atoms with Crippen LogP contribution < -0.4 is 10.6 Å². The smallest absolute Gasteiger partial charge is 0.251 e. The second kappa shape index (κ2) is 8.01. The topological polar surface area (TPSA) is 61.4 Å². The molecule has 2 N–H and O–H groups in total. The fourth-order valence-corrected chi connectivity index (χ4v) is 4.61. The molecule has 1 saturated heterocycles. The molecular formula is C22H33N3O2. The number of rotatable bonds is 4. The van der Waals surface area contributed by atoms with Crippen LogP contribution >= 0.6 is 0 Å². The van der Waals surface area contributed by atoms with Crippen LogP contribution in [0.2, 0.25) is 0 Å². The molecule has 1 spiro atoms. The Labute approximate surface area is 162 Å². The minimum Gasteiger partial charge on any atom is -0.350 e. The van der Waals surface area contributed by atoms with E-state index in [9.17, 15) is 9.59 Å². The number of nitrogens with one attached hydrogen (secondary N) is 2. The Kier molecular flexibility index (Phi) is 5.89. The van der Waals surface area contributed by atoms with Gasteiger partial charge in [0.05, 0.1) is 6.54 Å². The monoisotopic (exact) mass is 371 g/mol. The number of likely N-dealkylation sites (tertiary alicyclic amines) is 1. The SMILES string of the molecule is CC(C)(C)NC(=O)CN1CCC2(CCCC2NC(=O)c2ccccc2)CC1. The molecule has 2 amide bonds. The summed E-state index contributed by atoms with van der Waals surface area (Å²) in [6.07, 6.45) is 5.51. The van der Waals surface area contributed by atoms with E-state index in [0.29, 0.717) is 6.54 Å². The first-order chi connectivity index (χ1) is 12.8. The van der Waals surface area contributed by atoms with Gasteiger partial charge in [0.1, 0.15) is 0 Å². The van der Waals surface area contributed by atoms with Crippen LogP contribution in [0.15, 0.2) is 30.3 Å². The van der Waals surface area contributed by atoms with E-state index in [1.807, 2.05) is 51.1 Å². The lowest BCUT2D eigenvalue weighted by Crippen LogP contribution is -2.52. The number of amides is 2. The minimum atomic E-state index is -0.188. The predicted molar refractivity (Wildman–Crippen MR) is 108 cm³/mol. The van der Waals surface area contributed by atoms with Gasteiger partial charge in [-0.15, -0.1) is 0 Å². The van der Waals surface area contributed by atoms with Crippen molar-refractivity contribution in [2.24, 2.45) is 5.41 Å². The highest BCUT2D eigenvalue weighted by atomic mass is 16.2. The lowest BCUT2D eigenvalue weighted by Gasteiger charge is -2.43. The van der Waals surface area contributed by atoms with Crippen molar-refractivity contribution in [1.29, 1.82) is 0 Å². The molecule has 5 heteroatoms. The van der Waals surface area contributed by atoms with E-state index in [1.54, 1.807) is 0 Å². The van der Waals surface area contributed by atoms with Crippen LogP contribution in [0.1, 0.15) is 63.2 Å². The number of hydrogen-bond donors (Lipinski definition) is 2. The maximum atomic E-state index is 12.6. The van der Waals surface area contributed by atoms with Crippen molar-refractivity contribution in [2.45, 2.75) is 64.5 Å². The van der Waals surface area contributed by atoms with Crippen LogP contribution in [0.25, 0.3) is 0 Å². The maximum absolute atomic E-state index is 12.6. The molecule has 1 aromatic rings. The lowest BCUT2D eigenvalue weighted by molar-refractivity contribution is -0.124. The molecule has 1 heterocycles. The van der Waals surface area contributed by atoms with E-state index >= 15 is 0 Å². The largest absolute Gasteiger partial charge is 0.350 e. The zero-order valence-electron chi connectivity index (χ0n) is 16.9. The standard InChI is InChI=1S/C22H33N3O2/c1-21(2,3)24-19(26)16-25-14-12-22(13-15-25)11-7-10-18(22)23-20(27)17-8-5-4-6-9-17/h4-6,8-9,18H,7,10-16H2,1-3H3,(H,23,27)(H,24,26). The van der Waals surface area contributed by atoms with Crippen molar-refractivity contribution in [3.8, 4) is 0 Å². The van der Waals surface area contributed by atoms with E-state index in [-0.39, 0.29) is 28.8 Å². The Bertz CT molecular complexity index is 658. The normalized spacial score (nSPS) is 22.6. The summed E-state index contributed by atoms with van der Waals surface area (Å²) in [5, 5.41) is 6.35. The van der Waals surface area contributed by atoms with E-state index in [0.717, 1.165) is 37.9 Å². The van der Waals surface area contributed by atoms with Gasteiger partial charge < -0.3 is 10.6 Å². The van der Waals surface area contributed by atoms with Gasteiger partial charge in [-0.1, -0.05) is 24.6 Å². The Balaban J connectivity index is 1.54. The zero-order valence-corrected chi connectivity index (χ0v) is 16.9. The summed E-state index contributed by atoms with van der Waals surface area (Å²) < 4.78 is 0. The number of hydrogen-bond acceptors (Lipinski definition) is 3. The molecule has 27 heavy (non-hydrogen) atoms. The average molecular weight is 372 g/mol. The van der Waals surface area contributed by atoms with Crippen LogP contribution in [0.4, 0.5) is 0 Å². The summed E-state index contributed by atoms with van der Waals surface area (Å²) in [6, 6.07) is 9.72. The molecule has 2 fully saturated rings. The first kappa shape index (κ1) is 19.9. The molecule has 1 unspecified atom stereocenters. The Morgan fingerprint density at radius 2 is 1.78 bits per heavy atom. The molecular weight excluding hydrogens is 338 g/mol. The van der Waals surface area contributed by atoms with Crippen LogP contribution in [0.5, 0.6) is 0 Å². The van der Waals surface area contributed by atoms with Crippen molar-refractivity contribution >= 4 is 11.8 Å². The van der Waals surface area contributed by atoms with Crippen molar-refractivity contribution in [3.63, 3.8) is 0 Å². The molecule has 1 aromatic carbocycles. The zero-order chi connectivity index (χ0) is 19.5. The summed E-state index contributed by atoms with van der Waals surface area (Å²) >= 11 is 0. The van der Waals surface area contributed by atoms with Crippen molar-refractivity contribution in [3.05, 3.63) is 35.9 Å². The van der Waals surface area contributed by atoms with Crippen molar-refractivity contribution in [1.82, 2.24) is 15.5 Å². The van der Waals surface area contributed by atoms with E-state index in [2.05, 4.69) is 15.5 Å². The first-order valence-corrected chi connectivity index (χ1v) is 10.2. The molecule has 0 aromatic heterocycles. The maximum Gasteiger partial charge on any atom is 0.251 e. The van der Waals surface area contributed by atoms with E-state index in [4.69, 9.17) is 0 Å². The van der Waals surface area contributed by atoms with Gasteiger partial charge >= 0.3 is 0 Å². The predicted octanol–water partition coefficient (Wildman–Crippen LogP) is 2.97. The highest BCUT2D eigenvalue weighted by Crippen LogP contribution is 2.46. The molecule has 0 radical (unpaired) electrons. The second-order valence-corrected chi connectivity index (χ2v) is 9.22. The fourth-order valence-electron chi connectivity index (χ4n) is 4.61. The summed E-state index contributed by atoms with van der Waals surface area (Å²) in [5.41, 5.74) is 0.740. The Hall–Kier alpha value is -1.88. The number of benzene rings is 1. The van der Waals surface area contributed by atoms with Gasteiger partial charge in [-0.2, -0.15) is 0 Å². The number of carbonyl (C=O) groups excluding carboxylic acids is 2. The van der Waals surface area contributed by atoms with Gasteiger partial charge in [-0.25, -0.2) is 0 Å². The van der Waals surface area contributed by atoms with Crippen LogP contribution in [0, 0.1) is 5.41 Å². The minimum absolute atomic E-state index is 0.0360. The summed E-state index contributed by atoms with van der Waals surface area (Å²) in [4.78, 5) is 27.0. The number of carbonyl (C=O) groups is 2. The van der Waals surface area contributed by atoms with E-state index < -0.39 is 0 Å². The first-order valence-electron chi connectivity index (χ1n) is 10.2. The quantitative estimate of drug-likeness (QED) is 0.855. The summed E-state index contributed by atoms with van der Waals surface area (Å²) in [5.74, 6) is 0.132. The molecule has 1 aliphatic heterocycles. The molecule has 0 bridgehead atoms. The van der Waals surface area contributed by atoms with Gasteiger partial charge in [0.15, 0.2) is 0 Å². The van der Waals surface area contributed by atoms with Gasteiger partial charge in [-0.3, -0.25) is 14.5 Å². The lowest BCUT2D eigenvalue weighted by atomic mass is 9.74. The molecule has 1 aliphatic carbocycles. The third kappa shape index (κ3) is 5.10. The summed E-state index contributed by atoms with van der Waals surface area (Å²) in [6.45, 7) is 8.34. The van der Waals surface area contributed by atoms with Gasteiger partial charge in [-0.05, 0) is 77.1 Å². The fraction of sp³-hybridized carbons (Fsp3) is 0.636. The molecule has 5 nitrogen and oxygen atoms in total. The Morgan fingerprint density at radius 3 is 2.41 bits per heavy atom. The van der Waals surface area contributed by atoms with Crippen LogP contribution in [0.3, 0.4) is 0 Å². The van der Waals surface area contributed by atoms with Crippen molar-refractivity contribution in [2.75, 3.05) is 19.6 Å². The number of piperidine rings is 1. The third-order valence-corrected chi connectivity index (χ3v) is 5.98. The van der Waals surface area contributed by atoms with E-state index in [1.165, 1.54) is 12.8 Å². The third-order valence-electron chi connectivity index (χ3n) is 5.98. The molecule has 2 aliphatic rings. The Morgan fingerprint density at radius 1 is 1.11 bits per heavy atom. The van der Waals surface area contributed by atoms with Gasteiger partial charge in [0.25, 0.3) is 5.91 Å².